The van der Waals surface area contributed by atoms with Crippen LogP contribution in [0.1, 0.15) is 251 Å². The zero-order chi connectivity index (χ0) is 46.7. The second-order valence-corrected chi connectivity index (χ2v) is 19.2. The SMILES string of the molecule is CC/C=C\C/C=C\C/C=C\C/C=C\CCCCCCCCCCCCC(=O)OC(COC(=O)CCCCCCCCCCCCCCCCCCCCCC)COP(=O)(O)OCCN. The second kappa shape index (κ2) is 50.4. The molecule has 0 aliphatic heterocycles. The van der Waals surface area contributed by atoms with Crippen molar-refractivity contribution in [3.63, 3.8) is 0 Å². The number of phosphoric acid groups is 1. The predicted octanol–water partition coefficient (Wildman–Crippen LogP) is 16.2. The number of hydrogen-bond acceptors (Lipinski definition) is 8. The fourth-order valence-corrected chi connectivity index (χ4v) is 8.33. The van der Waals surface area contributed by atoms with Crippen molar-refractivity contribution >= 4 is 19.8 Å². The van der Waals surface area contributed by atoms with Crippen LogP contribution in [0.2, 0.25) is 0 Å². The van der Waals surface area contributed by atoms with Crippen LogP contribution < -0.4 is 5.73 Å². The molecule has 2 atom stereocenters. The number of esters is 2. The minimum Gasteiger partial charge on any atom is -0.462 e. The van der Waals surface area contributed by atoms with E-state index >= 15 is 0 Å². The molecule has 9 nitrogen and oxygen atoms in total. The predicted molar refractivity (Wildman–Crippen MR) is 270 cm³/mol. The van der Waals surface area contributed by atoms with Crippen molar-refractivity contribution in [3.8, 4) is 0 Å². The third-order valence-electron chi connectivity index (χ3n) is 11.5. The zero-order valence-corrected chi connectivity index (χ0v) is 42.4. The highest BCUT2D eigenvalue weighted by Crippen LogP contribution is 2.43. The van der Waals surface area contributed by atoms with E-state index in [1.54, 1.807) is 0 Å². The fraction of sp³-hybridized carbons (Fsp3) is 0.815. The maximum absolute atomic E-state index is 12.7. The summed E-state index contributed by atoms with van der Waals surface area (Å²) >= 11 is 0. The first-order valence-electron chi connectivity index (χ1n) is 26.6. The van der Waals surface area contributed by atoms with Crippen LogP contribution in [0.15, 0.2) is 48.6 Å². The molecule has 10 heteroatoms. The molecular formula is C54H100NO8P. The Bertz CT molecular complexity index is 1190. The van der Waals surface area contributed by atoms with Crippen molar-refractivity contribution in [2.75, 3.05) is 26.4 Å². The summed E-state index contributed by atoms with van der Waals surface area (Å²) in [7, 11) is -4.38. The molecule has 0 heterocycles. The summed E-state index contributed by atoms with van der Waals surface area (Å²) in [5, 5.41) is 0. The van der Waals surface area contributed by atoms with Gasteiger partial charge in [0, 0.05) is 19.4 Å². The monoisotopic (exact) mass is 922 g/mol. The molecule has 64 heavy (non-hydrogen) atoms. The number of unbranched alkanes of at least 4 members (excludes halogenated alkanes) is 29. The van der Waals surface area contributed by atoms with Gasteiger partial charge >= 0.3 is 19.8 Å². The van der Waals surface area contributed by atoms with Crippen molar-refractivity contribution < 1.29 is 37.6 Å². The number of carbonyl (C=O) groups is 2. The Kier molecular flexibility index (Phi) is 48.8. The number of phosphoric ester groups is 1. The summed E-state index contributed by atoms with van der Waals surface area (Å²) in [5.41, 5.74) is 5.37. The van der Waals surface area contributed by atoms with Gasteiger partial charge in [-0.3, -0.25) is 18.6 Å². The van der Waals surface area contributed by atoms with E-state index in [1.165, 1.54) is 148 Å². The van der Waals surface area contributed by atoms with Crippen LogP contribution >= 0.6 is 7.82 Å². The van der Waals surface area contributed by atoms with Gasteiger partial charge in [0.2, 0.25) is 0 Å². The van der Waals surface area contributed by atoms with Crippen LogP contribution in [0.25, 0.3) is 0 Å². The van der Waals surface area contributed by atoms with Gasteiger partial charge in [0.25, 0.3) is 0 Å². The molecule has 2 unspecified atom stereocenters. The molecule has 0 aliphatic rings. The van der Waals surface area contributed by atoms with Crippen LogP contribution in [-0.4, -0.2) is 49.3 Å². The number of rotatable bonds is 50. The van der Waals surface area contributed by atoms with E-state index in [2.05, 4.69) is 62.5 Å². The third-order valence-corrected chi connectivity index (χ3v) is 12.5. The Morgan fingerprint density at radius 3 is 1.28 bits per heavy atom. The van der Waals surface area contributed by atoms with Crippen molar-refractivity contribution in [1.82, 2.24) is 0 Å². The van der Waals surface area contributed by atoms with E-state index < -0.39 is 26.5 Å². The van der Waals surface area contributed by atoms with Crippen molar-refractivity contribution in [2.45, 2.75) is 258 Å². The van der Waals surface area contributed by atoms with E-state index in [-0.39, 0.29) is 38.6 Å². The molecular weight excluding hydrogens is 822 g/mol. The van der Waals surface area contributed by atoms with Gasteiger partial charge in [-0.1, -0.05) is 236 Å². The summed E-state index contributed by atoms with van der Waals surface area (Å²) in [6, 6.07) is 0. The highest BCUT2D eigenvalue weighted by atomic mass is 31.2. The molecule has 0 bridgehead atoms. The lowest BCUT2D eigenvalue weighted by atomic mass is 10.0. The van der Waals surface area contributed by atoms with Gasteiger partial charge in [0.15, 0.2) is 6.10 Å². The molecule has 0 spiro atoms. The van der Waals surface area contributed by atoms with E-state index in [1.807, 2.05) is 0 Å². The summed E-state index contributed by atoms with van der Waals surface area (Å²) in [4.78, 5) is 35.1. The standard InChI is InChI=1S/C54H100NO8P/c1-3-5-7-9-11-13-15-17-19-21-23-25-26-27-29-31-33-35-37-39-41-43-45-47-54(57)63-52(51-62-64(58,59)61-49-48-55)50-60-53(56)46-44-42-40-38-36-34-32-30-28-24-22-20-18-16-14-12-10-8-6-4-2/h5,7,11,13,17,19,23,25,52H,3-4,6,8-10,12,14-16,18,20-22,24,26-51,55H2,1-2H3,(H,58,59)/b7-5-,13-11-,19-17-,25-23-. The first kappa shape index (κ1) is 62.0. The Morgan fingerprint density at radius 2 is 0.859 bits per heavy atom. The number of allylic oxidation sites excluding steroid dienone is 8. The van der Waals surface area contributed by atoms with Gasteiger partial charge in [-0.15, -0.1) is 0 Å². The van der Waals surface area contributed by atoms with Gasteiger partial charge < -0.3 is 20.1 Å². The number of ether oxygens (including phenoxy) is 2. The van der Waals surface area contributed by atoms with Gasteiger partial charge in [0.05, 0.1) is 13.2 Å². The second-order valence-electron chi connectivity index (χ2n) is 17.7. The maximum Gasteiger partial charge on any atom is 0.472 e. The van der Waals surface area contributed by atoms with Crippen molar-refractivity contribution in [2.24, 2.45) is 5.73 Å². The van der Waals surface area contributed by atoms with E-state index in [0.29, 0.717) is 6.42 Å². The first-order valence-corrected chi connectivity index (χ1v) is 28.1. The van der Waals surface area contributed by atoms with E-state index in [4.69, 9.17) is 24.3 Å². The summed E-state index contributed by atoms with van der Waals surface area (Å²) in [5.74, 6) is -0.823. The Balaban J connectivity index is 4.01. The molecule has 0 fully saturated rings. The molecule has 0 saturated heterocycles. The van der Waals surface area contributed by atoms with Crippen LogP contribution in [0.3, 0.4) is 0 Å². The summed E-state index contributed by atoms with van der Waals surface area (Å²) in [6.45, 7) is 3.66. The lowest BCUT2D eigenvalue weighted by molar-refractivity contribution is -0.161. The Hall–Kier alpha value is -2.03. The van der Waals surface area contributed by atoms with Crippen LogP contribution in [-0.2, 0) is 32.7 Å². The van der Waals surface area contributed by atoms with E-state index in [0.717, 1.165) is 70.6 Å². The molecule has 0 aromatic heterocycles. The summed E-state index contributed by atoms with van der Waals surface area (Å²) < 4.78 is 33.0. The lowest BCUT2D eigenvalue weighted by Gasteiger charge is -2.19. The molecule has 0 aromatic rings. The Morgan fingerprint density at radius 1 is 0.484 bits per heavy atom. The molecule has 0 rings (SSSR count). The van der Waals surface area contributed by atoms with Crippen LogP contribution in [0, 0.1) is 0 Å². The van der Waals surface area contributed by atoms with Crippen LogP contribution in [0.4, 0.5) is 0 Å². The molecule has 374 valence electrons. The highest BCUT2D eigenvalue weighted by molar-refractivity contribution is 7.47. The molecule has 0 aliphatic carbocycles. The highest BCUT2D eigenvalue weighted by Gasteiger charge is 2.26. The number of hydrogen-bond donors (Lipinski definition) is 2. The topological polar surface area (TPSA) is 134 Å². The minimum atomic E-state index is -4.38. The smallest absolute Gasteiger partial charge is 0.462 e. The first-order chi connectivity index (χ1) is 31.3. The third kappa shape index (κ3) is 49.4. The molecule has 0 aromatic carbocycles. The average molecular weight is 922 g/mol. The lowest BCUT2D eigenvalue weighted by Crippen LogP contribution is -2.29. The largest absolute Gasteiger partial charge is 0.472 e. The maximum atomic E-state index is 12.7. The number of carbonyl (C=O) groups excluding carboxylic acids is 2. The summed E-state index contributed by atoms with van der Waals surface area (Å²) in [6.07, 6.45) is 60.1. The number of nitrogens with two attached hydrogens (primary N) is 1. The molecule has 3 N–H and O–H groups in total. The van der Waals surface area contributed by atoms with Gasteiger partial charge in [-0.2, -0.15) is 0 Å². The quantitative estimate of drug-likeness (QED) is 0.0265. The minimum absolute atomic E-state index is 0.0528. The average Bonchev–Trinajstić information content (AvgIpc) is 3.28. The zero-order valence-electron chi connectivity index (χ0n) is 41.5. The Labute approximate surface area is 394 Å². The van der Waals surface area contributed by atoms with Gasteiger partial charge in [0.1, 0.15) is 6.61 Å². The fourth-order valence-electron chi connectivity index (χ4n) is 7.57. The molecule has 0 radical (unpaired) electrons. The normalized spacial score (nSPS) is 13.5. The van der Waals surface area contributed by atoms with E-state index in [9.17, 15) is 19.0 Å². The molecule has 0 saturated carbocycles. The molecule has 0 amide bonds. The van der Waals surface area contributed by atoms with Gasteiger partial charge in [-0.25, -0.2) is 4.57 Å². The van der Waals surface area contributed by atoms with Crippen LogP contribution in [0.5, 0.6) is 0 Å². The van der Waals surface area contributed by atoms with Crippen molar-refractivity contribution in [1.29, 1.82) is 0 Å². The van der Waals surface area contributed by atoms with Gasteiger partial charge in [-0.05, 0) is 51.4 Å². The van der Waals surface area contributed by atoms with Crippen molar-refractivity contribution in [3.05, 3.63) is 48.6 Å².